The number of hydrogen-bond acceptors (Lipinski definition) is 3. The Hall–Kier alpha value is -2.62. The molecule has 2 aromatic carbocycles. The van der Waals surface area contributed by atoms with Crippen LogP contribution in [-0.2, 0) is 6.42 Å². The highest BCUT2D eigenvalue weighted by Crippen LogP contribution is 2.26. The number of phenolic OH excluding ortho intramolecular Hbond substituents is 1. The third-order valence-corrected chi connectivity index (χ3v) is 3.15. The fraction of sp³-hybridized carbons (Fsp3) is 0.125. The summed E-state index contributed by atoms with van der Waals surface area (Å²) in [4.78, 5) is 23.6. The highest BCUT2D eigenvalue weighted by Gasteiger charge is 2.20. The van der Waals surface area contributed by atoms with Crippen LogP contribution < -0.4 is 0 Å². The second kappa shape index (κ2) is 5.57. The summed E-state index contributed by atoms with van der Waals surface area (Å²) in [5, 5.41) is 19.2. The zero-order valence-electron chi connectivity index (χ0n) is 11.0. The summed E-state index contributed by atoms with van der Waals surface area (Å²) in [5.41, 5.74) is 0.782. The van der Waals surface area contributed by atoms with E-state index in [-0.39, 0.29) is 22.4 Å². The maximum absolute atomic E-state index is 12.4. The van der Waals surface area contributed by atoms with Crippen molar-refractivity contribution in [3.8, 4) is 5.75 Å². The first-order chi connectivity index (χ1) is 9.56. The molecule has 4 heteroatoms. The highest BCUT2D eigenvalue weighted by molar-refractivity contribution is 6.15. The molecule has 20 heavy (non-hydrogen) atoms. The molecule has 0 heterocycles. The van der Waals surface area contributed by atoms with Crippen molar-refractivity contribution in [2.45, 2.75) is 13.3 Å². The Morgan fingerprint density at radius 3 is 2.15 bits per heavy atom. The number of para-hydroxylation sites is 1. The third kappa shape index (κ3) is 2.40. The van der Waals surface area contributed by atoms with E-state index in [1.807, 2.05) is 6.92 Å². The molecule has 2 aromatic rings. The van der Waals surface area contributed by atoms with Crippen molar-refractivity contribution in [2.75, 3.05) is 0 Å². The lowest BCUT2D eigenvalue weighted by atomic mass is 9.96. The van der Waals surface area contributed by atoms with Crippen LogP contribution in [0, 0.1) is 0 Å². The lowest BCUT2D eigenvalue weighted by Crippen LogP contribution is -2.10. The molecule has 0 unspecified atom stereocenters. The van der Waals surface area contributed by atoms with Gasteiger partial charge in [-0.3, -0.25) is 4.79 Å². The van der Waals surface area contributed by atoms with Crippen molar-refractivity contribution in [1.82, 2.24) is 0 Å². The van der Waals surface area contributed by atoms with Crippen LogP contribution in [0.4, 0.5) is 0 Å². The van der Waals surface area contributed by atoms with Gasteiger partial charge in [-0.15, -0.1) is 0 Å². The van der Waals surface area contributed by atoms with Gasteiger partial charge in [0.25, 0.3) is 0 Å². The molecule has 0 amide bonds. The lowest BCUT2D eigenvalue weighted by Gasteiger charge is -2.09. The van der Waals surface area contributed by atoms with Crippen LogP contribution in [0.5, 0.6) is 5.75 Å². The molecule has 0 saturated carbocycles. The Morgan fingerprint density at radius 1 is 0.950 bits per heavy atom. The topological polar surface area (TPSA) is 74.6 Å². The minimum Gasteiger partial charge on any atom is -0.507 e. The number of benzene rings is 2. The van der Waals surface area contributed by atoms with Crippen LogP contribution in [0.15, 0.2) is 42.5 Å². The normalized spacial score (nSPS) is 10.2. The number of aromatic carboxylic acids is 1. The average molecular weight is 270 g/mol. The molecule has 0 saturated heterocycles. The van der Waals surface area contributed by atoms with Gasteiger partial charge < -0.3 is 10.2 Å². The molecule has 4 nitrogen and oxygen atoms in total. The molecule has 2 rings (SSSR count). The zero-order chi connectivity index (χ0) is 14.7. The number of ketones is 1. The number of carbonyl (C=O) groups is 2. The Bertz CT molecular complexity index is 674. The smallest absolute Gasteiger partial charge is 0.336 e. The van der Waals surface area contributed by atoms with Gasteiger partial charge in [0.05, 0.1) is 11.1 Å². The molecule has 0 aliphatic carbocycles. The number of rotatable bonds is 4. The number of carboxylic acid groups (broad SMARTS) is 1. The van der Waals surface area contributed by atoms with Gasteiger partial charge in [0, 0.05) is 5.56 Å². The van der Waals surface area contributed by atoms with Crippen LogP contribution in [-0.4, -0.2) is 22.0 Å². The second-order valence-corrected chi connectivity index (χ2v) is 4.35. The van der Waals surface area contributed by atoms with E-state index < -0.39 is 11.8 Å². The van der Waals surface area contributed by atoms with Gasteiger partial charge in [0.1, 0.15) is 5.75 Å². The van der Waals surface area contributed by atoms with Crippen LogP contribution in [0.25, 0.3) is 0 Å². The Kier molecular flexibility index (Phi) is 3.84. The Labute approximate surface area is 116 Å². The average Bonchev–Trinajstić information content (AvgIpc) is 2.46. The Balaban J connectivity index is 2.55. The molecular formula is C16H14O4. The third-order valence-electron chi connectivity index (χ3n) is 3.15. The van der Waals surface area contributed by atoms with Gasteiger partial charge >= 0.3 is 5.97 Å². The van der Waals surface area contributed by atoms with Crippen molar-refractivity contribution in [3.63, 3.8) is 0 Å². The van der Waals surface area contributed by atoms with Crippen molar-refractivity contribution < 1.29 is 19.8 Å². The van der Waals surface area contributed by atoms with Gasteiger partial charge in [-0.2, -0.15) is 0 Å². The summed E-state index contributed by atoms with van der Waals surface area (Å²) in [7, 11) is 0. The molecule has 0 fully saturated rings. The summed E-state index contributed by atoms with van der Waals surface area (Å²) in [6.45, 7) is 1.87. The summed E-state index contributed by atoms with van der Waals surface area (Å²) in [6, 6.07) is 10.9. The minimum atomic E-state index is -1.17. The van der Waals surface area contributed by atoms with Gasteiger partial charge in [-0.05, 0) is 24.1 Å². The fourth-order valence-corrected chi connectivity index (χ4v) is 2.07. The van der Waals surface area contributed by atoms with Crippen LogP contribution in [0.3, 0.4) is 0 Å². The first-order valence-electron chi connectivity index (χ1n) is 6.24. The zero-order valence-corrected chi connectivity index (χ0v) is 11.0. The first-order valence-corrected chi connectivity index (χ1v) is 6.24. The van der Waals surface area contributed by atoms with Crippen molar-refractivity contribution in [1.29, 1.82) is 0 Å². The maximum Gasteiger partial charge on any atom is 0.336 e. The van der Waals surface area contributed by atoms with E-state index in [9.17, 15) is 14.7 Å². The molecule has 0 atom stereocenters. The largest absolute Gasteiger partial charge is 0.507 e. The first kappa shape index (κ1) is 13.8. The summed E-state index contributed by atoms with van der Waals surface area (Å²) < 4.78 is 0. The quantitative estimate of drug-likeness (QED) is 0.838. The molecule has 0 aliphatic heterocycles. The van der Waals surface area contributed by atoms with Gasteiger partial charge in [0.15, 0.2) is 5.78 Å². The summed E-state index contributed by atoms with van der Waals surface area (Å²) in [6.07, 6.45) is 0.591. The maximum atomic E-state index is 12.4. The predicted octanol–water partition coefficient (Wildman–Crippen LogP) is 2.88. The van der Waals surface area contributed by atoms with Crippen molar-refractivity contribution >= 4 is 11.8 Å². The second-order valence-electron chi connectivity index (χ2n) is 4.35. The molecular weight excluding hydrogens is 256 g/mol. The van der Waals surface area contributed by atoms with E-state index in [1.54, 1.807) is 24.3 Å². The van der Waals surface area contributed by atoms with E-state index in [4.69, 9.17) is 5.11 Å². The lowest BCUT2D eigenvalue weighted by molar-refractivity contribution is 0.0692. The van der Waals surface area contributed by atoms with Gasteiger partial charge in [-0.1, -0.05) is 37.3 Å². The number of carbonyl (C=O) groups excluding carboxylic acids is 1. The number of aryl methyl sites for hydroxylation is 1. The number of carboxylic acids is 1. The highest BCUT2D eigenvalue weighted by atomic mass is 16.4. The van der Waals surface area contributed by atoms with Crippen molar-refractivity contribution in [2.24, 2.45) is 0 Å². The fourth-order valence-electron chi connectivity index (χ4n) is 2.07. The van der Waals surface area contributed by atoms with E-state index >= 15 is 0 Å². The molecule has 0 radical (unpaired) electrons. The summed E-state index contributed by atoms with van der Waals surface area (Å²) >= 11 is 0. The Morgan fingerprint density at radius 2 is 1.55 bits per heavy atom. The van der Waals surface area contributed by atoms with E-state index in [1.165, 1.54) is 18.2 Å². The van der Waals surface area contributed by atoms with E-state index in [0.29, 0.717) is 12.0 Å². The minimum absolute atomic E-state index is 0.0706. The monoisotopic (exact) mass is 270 g/mol. The molecule has 2 N–H and O–H groups in total. The van der Waals surface area contributed by atoms with Crippen LogP contribution in [0.1, 0.15) is 38.8 Å². The number of hydrogen-bond donors (Lipinski definition) is 2. The molecule has 0 bridgehead atoms. The summed E-state index contributed by atoms with van der Waals surface area (Å²) in [5.74, 6) is -1.74. The molecule has 0 aromatic heterocycles. The standard InChI is InChI=1S/C16H14O4/c1-2-10-6-5-9-13(14(10)17)15(18)11-7-3-4-8-12(11)16(19)20/h3-9,17H,2H2,1H3,(H,19,20). The van der Waals surface area contributed by atoms with Crippen molar-refractivity contribution in [3.05, 3.63) is 64.7 Å². The SMILES string of the molecule is CCc1cccc(C(=O)c2ccccc2C(=O)O)c1O. The number of phenols is 1. The van der Waals surface area contributed by atoms with Gasteiger partial charge in [-0.25, -0.2) is 4.79 Å². The van der Waals surface area contributed by atoms with Gasteiger partial charge in [0.2, 0.25) is 0 Å². The van der Waals surface area contributed by atoms with Crippen LogP contribution in [0.2, 0.25) is 0 Å². The molecule has 102 valence electrons. The predicted molar refractivity (Wildman–Crippen MR) is 74.3 cm³/mol. The molecule has 0 spiro atoms. The van der Waals surface area contributed by atoms with E-state index in [0.717, 1.165) is 0 Å². The van der Waals surface area contributed by atoms with Crippen LogP contribution >= 0.6 is 0 Å². The molecule has 0 aliphatic rings. The van der Waals surface area contributed by atoms with E-state index in [2.05, 4.69) is 0 Å². The number of aromatic hydroxyl groups is 1.